The Morgan fingerprint density at radius 1 is 1.50 bits per heavy atom. The molecule has 0 bridgehead atoms. The van der Waals surface area contributed by atoms with E-state index in [0.717, 1.165) is 5.57 Å². The first-order valence-electron chi connectivity index (χ1n) is 4.02. The summed E-state index contributed by atoms with van der Waals surface area (Å²) in [4.78, 5) is 21.4. The molecule has 0 aromatic rings. The molecule has 0 saturated carbocycles. The normalized spacial score (nSPS) is 19.7. The van der Waals surface area contributed by atoms with Gasteiger partial charge in [-0.25, -0.2) is 0 Å². The van der Waals surface area contributed by atoms with Gasteiger partial charge >= 0.3 is 0 Å². The lowest BCUT2D eigenvalue weighted by Crippen LogP contribution is -2.32. The Balaban J connectivity index is 0.000000364. The number of nitrogens with zero attached hydrogens (tertiary/aromatic N) is 1. The van der Waals surface area contributed by atoms with Gasteiger partial charge in [0.2, 0.25) is 5.91 Å². The average Bonchev–Trinajstić information content (AvgIpc) is 2.42. The molecule has 14 heavy (non-hydrogen) atoms. The van der Waals surface area contributed by atoms with Crippen molar-refractivity contribution in [2.24, 2.45) is 0 Å². The molecule has 1 amide bonds. The number of ether oxygens (including phenoxy) is 2. The number of rotatable bonds is 2. The van der Waals surface area contributed by atoms with Gasteiger partial charge in [-0.2, -0.15) is 0 Å². The van der Waals surface area contributed by atoms with Crippen LogP contribution in [0.25, 0.3) is 0 Å². The second-order valence-corrected chi connectivity index (χ2v) is 2.76. The lowest BCUT2D eigenvalue weighted by atomic mass is 10.3. The van der Waals surface area contributed by atoms with Crippen LogP contribution in [0.15, 0.2) is 11.6 Å². The first-order valence-corrected chi connectivity index (χ1v) is 4.02. The third-order valence-corrected chi connectivity index (χ3v) is 1.76. The number of amides is 1. The summed E-state index contributed by atoms with van der Waals surface area (Å²) in [6.07, 6.45) is 1.45. The van der Waals surface area contributed by atoms with Crippen molar-refractivity contribution < 1.29 is 19.1 Å². The number of carbonyl (C=O) groups excluding carboxylic acids is 2. The maximum absolute atomic E-state index is 10.9. The summed E-state index contributed by atoms with van der Waals surface area (Å²) in [6.45, 7) is 2.26. The fourth-order valence-electron chi connectivity index (χ4n) is 1.13. The van der Waals surface area contributed by atoms with E-state index in [1.54, 1.807) is 25.1 Å². The van der Waals surface area contributed by atoms with Crippen LogP contribution < -0.4 is 0 Å². The van der Waals surface area contributed by atoms with Crippen molar-refractivity contribution in [2.75, 3.05) is 21.3 Å². The standard InChI is InChI=1S/C7H11NO2.C2H4O2/c1-5-4-6(9)8(2)7(5)10-3;1-4-2-3/h4,7H,1-3H3;2H,1H3. The minimum Gasteiger partial charge on any atom is -0.471 e. The van der Waals surface area contributed by atoms with E-state index in [9.17, 15) is 4.79 Å². The van der Waals surface area contributed by atoms with Gasteiger partial charge in [0.25, 0.3) is 6.47 Å². The molecule has 0 fully saturated rings. The Labute approximate surface area is 83.3 Å². The van der Waals surface area contributed by atoms with Crippen LogP contribution in [0.3, 0.4) is 0 Å². The highest BCUT2D eigenvalue weighted by Gasteiger charge is 2.26. The van der Waals surface area contributed by atoms with Gasteiger partial charge in [0, 0.05) is 20.2 Å². The zero-order valence-corrected chi connectivity index (χ0v) is 8.81. The quantitative estimate of drug-likeness (QED) is 0.597. The largest absolute Gasteiger partial charge is 0.471 e. The highest BCUT2D eigenvalue weighted by atomic mass is 16.5. The number of hydrogen-bond acceptors (Lipinski definition) is 4. The zero-order chi connectivity index (χ0) is 11.1. The van der Waals surface area contributed by atoms with Crippen molar-refractivity contribution in [1.29, 1.82) is 0 Å². The Morgan fingerprint density at radius 2 is 2.00 bits per heavy atom. The van der Waals surface area contributed by atoms with Gasteiger partial charge in [0.1, 0.15) is 0 Å². The van der Waals surface area contributed by atoms with Crippen molar-refractivity contribution in [1.82, 2.24) is 4.90 Å². The first kappa shape index (κ1) is 12.6. The molecule has 1 atom stereocenters. The molecular weight excluding hydrogens is 186 g/mol. The van der Waals surface area contributed by atoms with Crippen LogP contribution in [0.4, 0.5) is 0 Å². The molecule has 0 aromatic heterocycles. The van der Waals surface area contributed by atoms with Crippen LogP contribution in [0.5, 0.6) is 0 Å². The molecule has 5 heteroatoms. The van der Waals surface area contributed by atoms with Crippen LogP contribution in [0, 0.1) is 0 Å². The highest BCUT2D eigenvalue weighted by Crippen LogP contribution is 2.16. The Morgan fingerprint density at radius 3 is 2.14 bits per heavy atom. The zero-order valence-electron chi connectivity index (χ0n) is 8.81. The first-order chi connectivity index (χ1) is 6.58. The molecule has 0 aliphatic carbocycles. The second-order valence-electron chi connectivity index (χ2n) is 2.76. The molecule has 0 spiro atoms. The van der Waals surface area contributed by atoms with Gasteiger partial charge in [-0.15, -0.1) is 0 Å². The van der Waals surface area contributed by atoms with Gasteiger partial charge in [0.05, 0.1) is 7.11 Å². The lowest BCUT2D eigenvalue weighted by molar-refractivity contribution is -0.130. The van der Waals surface area contributed by atoms with Gasteiger partial charge in [-0.3, -0.25) is 9.59 Å². The maximum Gasteiger partial charge on any atom is 0.292 e. The summed E-state index contributed by atoms with van der Waals surface area (Å²) in [5, 5.41) is 0. The minimum absolute atomic E-state index is 0.0179. The van der Waals surface area contributed by atoms with E-state index in [-0.39, 0.29) is 12.1 Å². The van der Waals surface area contributed by atoms with Crippen molar-refractivity contribution in [3.05, 3.63) is 11.6 Å². The molecule has 1 rings (SSSR count). The number of carbonyl (C=O) groups is 2. The number of methoxy groups -OCH3 is 2. The van der Waals surface area contributed by atoms with E-state index in [2.05, 4.69) is 4.74 Å². The predicted molar refractivity (Wildman–Crippen MR) is 50.4 cm³/mol. The number of hydrogen-bond donors (Lipinski definition) is 0. The highest BCUT2D eigenvalue weighted by molar-refractivity contribution is 5.91. The Kier molecular flexibility index (Phi) is 5.55. The topological polar surface area (TPSA) is 55.8 Å². The van der Waals surface area contributed by atoms with Gasteiger partial charge in [-0.05, 0) is 12.5 Å². The van der Waals surface area contributed by atoms with Gasteiger partial charge in [-0.1, -0.05) is 0 Å². The van der Waals surface area contributed by atoms with Crippen LogP contribution in [0.1, 0.15) is 6.92 Å². The summed E-state index contributed by atoms with van der Waals surface area (Å²) >= 11 is 0. The van der Waals surface area contributed by atoms with E-state index in [1.165, 1.54) is 7.11 Å². The van der Waals surface area contributed by atoms with E-state index >= 15 is 0 Å². The summed E-state index contributed by atoms with van der Waals surface area (Å²) in [6, 6.07) is 0. The average molecular weight is 201 g/mol. The molecule has 5 nitrogen and oxygen atoms in total. The molecular formula is C9H15NO4. The molecule has 0 saturated heterocycles. The van der Waals surface area contributed by atoms with Crippen LogP contribution >= 0.6 is 0 Å². The molecule has 1 unspecified atom stereocenters. The smallest absolute Gasteiger partial charge is 0.292 e. The maximum atomic E-state index is 10.9. The Hall–Kier alpha value is -1.36. The summed E-state index contributed by atoms with van der Waals surface area (Å²) < 4.78 is 8.90. The third-order valence-electron chi connectivity index (χ3n) is 1.76. The Bertz CT molecular complexity index is 237. The van der Waals surface area contributed by atoms with E-state index in [0.29, 0.717) is 6.47 Å². The molecule has 1 heterocycles. The van der Waals surface area contributed by atoms with Crippen LogP contribution in [-0.2, 0) is 19.1 Å². The van der Waals surface area contributed by atoms with E-state index in [1.807, 2.05) is 6.92 Å². The molecule has 80 valence electrons. The fourth-order valence-corrected chi connectivity index (χ4v) is 1.13. The van der Waals surface area contributed by atoms with Crippen molar-refractivity contribution >= 4 is 12.4 Å². The van der Waals surface area contributed by atoms with Crippen molar-refractivity contribution in [3.63, 3.8) is 0 Å². The molecule has 1 aliphatic heterocycles. The number of likely N-dealkylation sites (N-methyl/N-ethyl adjacent to an activating group) is 1. The lowest BCUT2D eigenvalue weighted by Gasteiger charge is -2.19. The van der Waals surface area contributed by atoms with Crippen molar-refractivity contribution in [2.45, 2.75) is 13.2 Å². The van der Waals surface area contributed by atoms with E-state index < -0.39 is 0 Å². The molecule has 0 radical (unpaired) electrons. The molecule has 0 N–H and O–H groups in total. The fraction of sp³-hybridized carbons (Fsp3) is 0.556. The van der Waals surface area contributed by atoms with Gasteiger partial charge < -0.3 is 14.4 Å². The molecule has 0 aromatic carbocycles. The van der Waals surface area contributed by atoms with Crippen LogP contribution in [0.2, 0.25) is 0 Å². The monoisotopic (exact) mass is 201 g/mol. The third kappa shape index (κ3) is 3.18. The summed E-state index contributed by atoms with van der Waals surface area (Å²) in [5.74, 6) is 0.0179. The predicted octanol–water partition coefficient (Wildman–Crippen LogP) is 0.166. The van der Waals surface area contributed by atoms with Crippen molar-refractivity contribution in [3.8, 4) is 0 Å². The minimum atomic E-state index is -0.146. The molecule has 1 aliphatic rings. The van der Waals surface area contributed by atoms with Gasteiger partial charge in [0.15, 0.2) is 6.23 Å². The van der Waals surface area contributed by atoms with E-state index in [4.69, 9.17) is 9.53 Å². The second kappa shape index (κ2) is 6.15. The SMILES string of the molecule is COC1C(C)=CC(=O)N1C.COC=O. The summed E-state index contributed by atoms with van der Waals surface area (Å²) in [7, 11) is 4.63. The summed E-state index contributed by atoms with van der Waals surface area (Å²) in [5.41, 5.74) is 0.968. The van der Waals surface area contributed by atoms with Crippen LogP contribution in [-0.4, -0.2) is 44.8 Å².